The van der Waals surface area contributed by atoms with Crippen LogP contribution in [0.5, 0.6) is 5.75 Å². The zero-order valence-corrected chi connectivity index (χ0v) is 18.7. The van der Waals surface area contributed by atoms with Gasteiger partial charge in [-0.05, 0) is 52.3 Å². The molecule has 2 aromatic heterocycles. The molecule has 0 saturated heterocycles. The third-order valence-electron chi connectivity index (χ3n) is 4.52. The van der Waals surface area contributed by atoms with Crippen molar-refractivity contribution in [1.82, 2.24) is 9.72 Å². The summed E-state index contributed by atoms with van der Waals surface area (Å²) < 4.78 is 37.7. The minimum atomic E-state index is -3.65. The number of benzene rings is 2. The normalized spacial score (nSPS) is 11.3. The molecule has 0 spiro atoms. The fourth-order valence-electron chi connectivity index (χ4n) is 3.11. The number of hydrogen-bond donors (Lipinski definition) is 0. The van der Waals surface area contributed by atoms with E-state index >= 15 is 0 Å². The highest BCUT2D eigenvalue weighted by atomic mass is 79.9. The summed E-state index contributed by atoms with van der Waals surface area (Å²) in [6, 6.07) is 12.3. The summed E-state index contributed by atoms with van der Waals surface area (Å²) in [5.74, 6) is 0.147. The largest absolute Gasteiger partial charge is 0.495 e. The van der Waals surface area contributed by atoms with E-state index < -0.39 is 9.84 Å². The van der Waals surface area contributed by atoms with Gasteiger partial charge in [-0.2, -0.15) is 0 Å². The molecular formula is C21H18BrClN2O5S. The minimum Gasteiger partial charge on any atom is -0.495 e. The maximum atomic E-state index is 12.8. The molecule has 0 fully saturated rings. The molecule has 0 atom stereocenters. The van der Waals surface area contributed by atoms with Crippen molar-refractivity contribution in [3.63, 3.8) is 0 Å². The maximum Gasteiger partial charge on any atom is 0.255 e. The number of fused-ring (bicyclic) bond motifs is 1. The van der Waals surface area contributed by atoms with E-state index in [0.717, 1.165) is 0 Å². The molecule has 2 heterocycles. The number of sulfone groups is 1. The van der Waals surface area contributed by atoms with Crippen LogP contribution < -0.4 is 10.3 Å². The summed E-state index contributed by atoms with van der Waals surface area (Å²) in [6.07, 6.45) is 1.32. The van der Waals surface area contributed by atoms with Crippen LogP contribution in [0, 0.1) is 0 Å². The lowest BCUT2D eigenvalue weighted by Crippen LogP contribution is -2.18. The number of aromatic nitrogens is 2. The highest BCUT2D eigenvalue weighted by Gasteiger charge is 2.19. The van der Waals surface area contributed by atoms with Crippen molar-refractivity contribution in [2.75, 3.05) is 7.11 Å². The Morgan fingerprint density at radius 1 is 1.16 bits per heavy atom. The first-order valence-corrected chi connectivity index (χ1v) is 11.4. The van der Waals surface area contributed by atoms with Crippen LogP contribution in [0.3, 0.4) is 0 Å². The lowest BCUT2D eigenvalue weighted by Gasteiger charge is -2.15. The molecule has 0 bridgehead atoms. The highest BCUT2D eigenvalue weighted by Crippen LogP contribution is 2.34. The molecule has 4 rings (SSSR count). The third kappa shape index (κ3) is 4.39. The Morgan fingerprint density at radius 3 is 2.61 bits per heavy atom. The van der Waals surface area contributed by atoms with Gasteiger partial charge in [0.1, 0.15) is 17.8 Å². The molecule has 10 heteroatoms. The molecule has 4 aromatic rings. The van der Waals surface area contributed by atoms with Crippen LogP contribution >= 0.6 is 27.5 Å². The van der Waals surface area contributed by atoms with Crippen LogP contribution in [0.2, 0.25) is 5.02 Å². The second-order valence-corrected chi connectivity index (χ2v) is 9.67. The van der Waals surface area contributed by atoms with E-state index in [9.17, 15) is 13.2 Å². The third-order valence-corrected chi connectivity index (χ3v) is 7.36. The van der Waals surface area contributed by atoms with Crippen LogP contribution in [0.15, 0.2) is 73.5 Å². The van der Waals surface area contributed by atoms with Crippen molar-refractivity contribution in [1.29, 1.82) is 0 Å². The average Bonchev–Trinajstić information content (AvgIpc) is 3.21. The van der Waals surface area contributed by atoms with Gasteiger partial charge >= 0.3 is 0 Å². The van der Waals surface area contributed by atoms with E-state index in [4.69, 9.17) is 20.9 Å². The Kier molecular flexibility index (Phi) is 6.59. The van der Waals surface area contributed by atoms with Gasteiger partial charge < -0.3 is 9.26 Å². The molecule has 0 N–H and O–H groups in total. The van der Waals surface area contributed by atoms with E-state index in [-0.39, 0.29) is 23.6 Å². The van der Waals surface area contributed by atoms with Crippen LogP contribution in [0.25, 0.3) is 16.6 Å². The molecule has 162 valence electrons. The van der Waals surface area contributed by atoms with Crippen molar-refractivity contribution in [3.8, 4) is 11.4 Å². The number of methoxy groups -OCH3 is 1. The van der Waals surface area contributed by atoms with Crippen molar-refractivity contribution in [2.24, 2.45) is 0 Å². The summed E-state index contributed by atoms with van der Waals surface area (Å²) in [4.78, 5) is 12.8. The number of rotatable bonds is 5. The zero-order chi connectivity index (χ0) is 21.5. The van der Waals surface area contributed by atoms with Gasteiger partial charge in [0, 0.05) is 22.0 Å². The molecule has 0 unspecified atom stereocenters. The Hall–Kier alpha value is -2.62. The van der Waals surface area contributed by atoms with E-state index in [1.807, 2.05) is 0 Å². The van der Waals surface area contributed by atoms with Gasteiger partial charge in [-0.3, -0.25) is 9.36 Å². The Labute approximate surface area is 192 Å². The number of ether oxygens (including phenoxy) is 1. The fraction of sp³-hybridized carbons (Fsp3) is 0.143. The van der Waals surface area contributed by atoms with E-state index in [2.05, 4.69) is 21.1 Å². The van der Waals surface area contributed by atoms with Crippen molar-refractivity contribution >= 4 is 48.3 Å². The van der Waals surface area contributed by atoms with Crippen LogP contribution in [0.1, 0.15) is 13.1 Å². The molecular weight excluding hydrogens is 508 g/mol. The number of hydrogen-bond acceptors (Lipinski definition) is 6. The molecule has 2 aromatic carbocycles. The van der Waals surface area contributed by atoms with Gasteiger partial charge in [-0.1, -0.05) is 24.2 Å². The first-order chi connectivity index (χ1) is 14.3. The molecule has 31 heavy (non-hydrogen) atoms. The summed E-state index contributed by atoms with van der Waals surface area (Å²) >= 11 is 9.58. The van der Waals surface area contributed by atoms with Crippen molar-refractivity contribution < 1.29 is 17.7 Å². The average molecular weight is 526 g/mol. The topological polar surface area (TPSA) is 91.4 Å². The first-order valence-electron chi connectivity index (χ1n) is 8.61. The van der Waals surface area contributed by atoms with Gasteiger partial charge in [-0.25, -0.2) is 8.42 Å². The lowest BCUT2D eigenvalue weighted by atomic mass is 10.2. The summed E-state index contributed by atoms with van der Waals surface area (Å²) in [6.45, 7) is 0. The zero-order valence-electron chi connectivity index (χ0n) is 15.5. The molecule has 0 saturated carbocycles. The number of pyridine rings is 1. The summed E-state index contributed by atoms with van der Waals surface area (Å²) in [5, 5.41) is 4.63. The lowest BCUT2D eigenvalue weighted by molar-refractivity contribution is 0.412. The Balaban J connectivity index is 0.00000272. The number of nitrogens with zero attached hydrogens (tertiary/aromatic N) is 2. The second kappa shape index (κ2) is 8.86. The molecule has 0 amide bonds. The van der Waals surface area contributed by atoms with Crippen molar-refractivity contribution in [3.05, 3.63) is 80.3 Å². The Morgan fingerprint density at radius 2 is 1.94 bits per heavy atom. The van der Waals surface area contributed by atoms with Gasteiger partial charge in [0.25, 0.3) is 5.56 Å². The quantitative estimate of drug-likeness (QED) is 0.364. The van der Waals surface area contributed by atoms with E-state index in [1.165, 1.54) is 42.2 Å². The fourth-order valence-corrected chi connectivity index (χ4v) is 4.88. The standard InChI is InChI=1S/C20H14BrClN2O5S.CH4/c1-28-19-9-15(21)16(22)10-18(19)24-17-4-3-14(8-12(17)2-5-20(24)25)30(26,27)11-13-6-7-29-23-13;/h2-10H,11H2,1H3;1H4. The summed E-state index contributed by atoms with van der Waals surface area (Å²) in [7, 11) is -2.16. The minimum absolute atomic E-state index is 0. The van der Waals surface area contributed by atoms with Gasteiger partial charge in [-0.15, -0.1) is 0 Å². The molecule has 0 radical (unpaired) electrons. The molecule has 0 aliphatic heterocycles. The second-order valence-electron chi connectivity index (χ2n) is 6.42. The predicted molar refractivity (Wildman–Crippen MR) is 123 cm³/mol. The SMILES string of the molecule is C.COc1cc(Br)c(Cl)cc1-n1c(=O)ccc2cc(S(=O)(=O)Cc3ccon3)ccc21. The van der Waals surface area contributed by atoms with Gasteiger partial charge in [0.2, 0.25) is 0 Å². The number of halogens is 2. The van der Waals surface area contributed by atoms with Crippen LogP contribution in [0.4, 0.5) is 0 Å². The van der Waals surface area contributed by atoms with E-state index in [0.29, 0.717) is 37.5 Å². The molecule has 0 aliphatic rings. The monoisotopic (exact) mass is 524 g/mol. The van der Waals surface area contributed by atoms with Crippen molar-refractivity contribution in [2.45, 2.75) is 18.1 Å². The van der Waals surface area contributed by atoms with Crippen LogP contribution in [-0.2, 0) is 15.6 Å². The Bertz CT molecular complexity index is 1420. The smallest absolute Gasteiger partial charge is 0.255 e. The van der Waals surface area contributed by atoms with Gasteiger partial charge in [0.15, 0.2) is 9.84 Å². The molecule has 0 aliphatic carbocycles. The first kappa shape index (κ1) is 23.1. The van der Waals surface area contributed by atoms with Crippen LogP contribution in [-0.4, -0.2) is 25.3 Å². The maximum absolute atomic E-state index is 12.8. The molecule has 7 nitrogen and oxygen atoms in total. The highest BCUT2D eigenvalue weighted by molar-refractivity contribution is 9.10. The summed E-state index contributed by atoms with van der Waals surface area (Å²) in [5.41, 5.74) is 0.964. The predicted octanol–water partition coefficient (Wildman–Crippen LogP) is 5.01. The van der Waals surface area contributed by atoms with E-state index in [1.54, 1.807) is 24.3 Å². The van der Waals surface area contributed by atoms with Gasteiger partial charge in [0.05, 0.1) is 33.9 Å².